The second-order valence-electron chi connectivity index (χ2n) is 40.0. The first-order valence-electron chi connectivity index (χ1n) is 50.0. The van der Waals surface area contributed by atoms with Crippen LogP contribution in [0.4, 0.5) is 0 Å². The van der Waals surface area contributed by atoms with Crippen molar-refractivity contribution in [1.29, 1.82) is 0 Å². The maximum atomic E-state index is 6.80. The van der Waals surface area contributed by atoms with Gasteiger partial charge in [0.15, 0.2) is 0 Å². The highest BCUT2D eigenvalue weighted by Gasteiger charge is 2.64. The van der Waals surface area contributed by atoms with E-state index in [1.165, 1.54) is 377 Å². The lowest BCUT2D eigenvalue weighted by Gasteiger charge is -2.32. The molecule has 0 amide bonds. The molecule has 10 heteroatoms. The molecule has 3 saturated heterocycles. The predicted molar refractivity (Wildman–Crippen MR) is 530 cm³/mol. The quantitative estimate of drug-likeness (QED) is 0.0280. The van der Waals surface area contributed by atoms with Gasteiger partial charge in [0.05, 0.1) is 33.6 Å². The molecule has 3 aliphatic heterocycles. The summed E-state index contributed by atoms with van der Waals surface area (Å²) >= 11 is 4.03. The van der Waals surface area contributed by atoms with Gasteiger partial charge < -0.3 is 27.9 Å². The molecule has 0 aromatic heterocycles. The molecule has 9 rings (SSSR count). The van der Waals surface area contributed by atoms with E-state index in [0.717, 1.165) is 6.42 Å². The van der Waals surface area contributed by atoms with Crippen LogP contribution < -0.4 is 5.46 Å². The highest BCUT2D eigenvalue weighted by Crippen LogP contribution is 2.45. The van der Waals surface area contributed by atoms with E-state index in [9.17, 15) is 0 Å². The molecule has 0 bridgehead atoms. The van der Waals surface area contributed by atoms with Crippen LogP contribution in [-0.4, -0.2) is 54.7 Å². The van der Waals surface area contributed by atoms with Crippen molar-refractivity contribution >= 4 is 42.5 Å². The predicted octanol–water partition coefficient (Wildman–Crippen LogP) is 34.2. The third-order valence-electron chi connectivity index (χ3n) is 28.0. The largest absolute Gasteiger partial charge is 0.495 e. The van der Waals surface area contributed by atoms with Crippen LogP contribution in [0.3, 0.4) is 0 Å². The molecular weight excluding hydrogens is 1530 g/mol. The van der Waals surface area contributed by atoms with Crippen molar-refractivity contribution in [1.82, 2.24) is 0 Å². The number of aryl methyl sites for hydroxylation is 4. The molecule has 120 heavy (non-hydrogen) atoms. The average molecular weight is 1700 g/mol. The molecule has 0 spiro atoms. The fourth-order valence-corrected chi connectivity index (χ4v) is 18.0. The van der Waals surface area contributed by atoms with Gasteiger partial charge in [-0.05, 0) is 255 Å². The van der Waals surface area contributed by atoms with Crippen LogP contribution in [0.2, 0.25) is 0 Å². The van der Waals surface area contributed by atoms with Crippen molar-refractivity contribution in [2.45, 2.75) is 479 Å². The Morgan fingerprint density at radius 2 is 0.500 bits per heavy atom. The standard InChI is InChI=1S/C52H81BO2.C46H69Br.C12H24B2O4/c1-9-12-15-17-19-21-22-24-26-28-31-47-40-49(46-38-36-45(37-39-46)44-34-32-43(33-35-44)30-14-11-3)48(42(4)29-27-25-23-20-18-16-13-10-2)41-50(47)53-54-51(5,6)52(7,8)55-53;1-5-8-11-13-15-17-18-20-22-24-27-43-36-45(44(37-46(43)47)38(4)25-23-21-19-16-14-12-9-6-2)42-34-32-41(33-35-42)40-30-28-39(29-31-40)26-10-7-3;1-9(2)10(3,4)16-13(15-9)14-17-11(5,6)12(7,8)18-14/h32-42H,9-31H2,1-8H3;28-38H,5-27H2,1-4H3;1-8H3. The van der Waals surface area contributed by atoms with Gasteiger partial charge in [-0.15, -0.1) is 0 Å². The molecule has 3 heterocycles. The number of rotatable bonds is 54. The minimum Gasteiger partial charge on any atom is -0.405 e. The molecule has 0 saturated carbocycles. The topological polar surface area (TPSA) is 55.4 Å². The zero-order valence-electron chi connectivity index (χ0n) is 80.8. The second-order valence-corrected chi connectivity index (χ2v) is 40.8. The molecule has 666 valence electrons. The third kappa shape index (κ3) is 33.2. The second kappa shape index (κ2) is 53.4. The molecule has 2 unspecified atom stereocenters. The minimum absolute atomic E-state index is 0.339. The molecule has 6 nitrogen and oxygen atoms in total. The normalized spacial score (nSPS) is 16.7. The maximum Gasteiger partial charge on any atom is 0.495 e. The van der Waals surface area contributed by atoms with Crippen LogP contribution in [0, 0.1) is 0 Å². The highest BCUT2D eigenvalue weighted by atomic mass is 79.9. The van der Waals surface area contributed by atoms with Crippen molar-refractivity contribution in [3.63, 3.8) is 0 Å². The average Bonchev–Trinajstić information content (AvgIpc) is 1.59. The van der Waals surface area contributed by atoms with Gasteiger partial charge in [0.1, 0.15) is 0 Å². The van der Waals surface area contributed by atoms with Crippen molar-refractivity contribution in [2.24, 2.45) is 0 Å². The molecule has 2 atom stereocenters. The van der Waals surface area contributed by atoms with Crippen molar-refractivity contribution < 1.29 is 27.9 Å². The zero-order valence-corrected chi connectivity index (χ0v) is 82.4. The van der Waals surface area contributed by atoms with Gasteiger partial charge in [-0.1, -0.05) is 412 Å². The van der Waals surface area contributed by atoms with E-state index in [1.807, 2.05) is 55.4 Å². The van der Waals surface area contributed by atoms with Gasteiger partial charge in [0, 0.05) is 4.47 Å². The molecule has 3 fully saturated rings. The van der Waals surface area contributed by atoms with Crippen LogP contribution >= 0.6 is 15.9 Å². The van der Waals surface area contributed by atoms with Crippen molar-refractivity contribution in [3.8, 4) is 44.5 Å². The summed E-state index contributed by atoms with van der Waals surface area (Å²) in [6.07, 6.45) is 61.4. The van der Waals surface area contributed by atoms with E-state index in [2.05, 4.69) is 220 Å². The fourth-order valence-electron chi connectivity index (χ4n) is 17.5. The minimum atomic E-state index is -0.476. The Morgan fingerprint density at radius 3 is 0.808 bits per heavy atom. The summed E-state index contributed by atoms with van der Waals surface area (Å²) < 4.78 is 38.8. The summed E-state index contributed by atoms with van der Waals surface area (Å²) in [6.45, 7) is 43.6. The first-order valence-corrected chi connectivity index (χ1v) is 50.8. The first kappa shape index (κ1) is 103. The van der Waals surface area contributed by atoms with Crippen LogP contribution in [-0.2, 0) is 53.6 Å². The molecular formula is C110H174B3BrO6. The van der Waals surface area contributed by atoms with Crippen LogP contribution in [0.15, 0.2) is 126 Å². The highest BCUT2D eigenvalue weighted by molar-refractivity contribution is 9.10. The summed E-state index contributed by atoms with van der Waals surface area (Å²) in [7, 11) is -1.29. The summed E-state index contributed by atoms with van der Waals surface area (Å²) in [6, 6.07) is 47.4. The lowest BCUT2D eigenvalue weighted by molar-refractivity contribution is 0.00578. The molecule has 3 aliphatic rings. The first-order chi connectivity index (χ1) is 57.5. The Hall–Kier alpha value is -4.25. The van der Waals surface area contributed by atoms with Gasteiger partial charge >= 0.3 is 21.1 Å². The Bertz CT molecular complexity index is 3680. The molecule has 6 aromatic rings. The molecule has 0 aliphatic carbocycles. The Morgan fingerprint density at radius 1 is 0.258 bits per heavy atom. The lowest BCUT2D eigenvalue weighted by Crippen LogP contribution is -2.41. The zero-order chi connectivity index (χ0) is 87.0. The molecule has 0 radical (unpaired) electrons. The number of hydrogen-bond donors (Lipinski definition) is 0. The van der Waals surface area contributed by atoms with Crippen LogP contribution in [0.1, 0.15) is 453 Å². The maximum absolute atomic E-state index is 6.80. The number of halogens is 1. The van der Waals surface area contributed by atoms with Gasteiger partial charge in [0.2, 0.25) is 0 Å². The summed E-state index contributed by atoms with van der Waals surface area (Å²) in [4.78, 5) is 0. The van der Waals surface area contributed by atoms with E-state index in [4.69, 9.17) is 27.9 Å². The number of benzene rings is 6. The van der Waals surface area contributed by atoms with Crippen LogP contribution in [0.5, 0.6) is 0 Å². The van der Waals surface area contributed by atoms with Crippen molar-refractivity contribution in [3.05, 3.63) is 159 Å². The van der Waals surface area contributed by atoms with Gasteiger partial charge in [-0.2, -0.15) is 0 Å². The Kier molecular flexibility index (Phi) is 45.8. The molecule has 0 N–H and O–H groups in total. The summed E-state index contributed by atoms with van der Waals surface area (Å²) in [5, 5.41) is 0. The lowest BCUT2D eigenvalue weighted by atomic mass is 9.49. The van der Waals surface area contributed by atoms with Crippen molar-refractivity contribution in [2.75, 3.05) is 0 Å². The smallest absolute Gasteiger partial charge is 0.405 e. The van der Waals surface area contributed by atoms with E-state index in [1.54, 1.807) is 0 Å². The number of unbranched alkanes of at least 4 members (excludes halogenated alkanes) is 34. The van der Waals surface area contributed by atoms with Gasteiger partial charge in [-0.3, -0.25) is 0 Å². The van der Waals surface area contributed by atoms with Crippen LogP contribution in [0.25, 0.3) is 44.5 Å². The Balaban J connectivity index is 0.000000276. The van der Waals surface area contributed by atoms with E-state index in [0.29, 0.717) is 11.8 Å². The Labute approximate surface area is 748 Å². The van der Waals surface area contributed by atoms with E-state index >= 15 is 0 Å². The van der Waals surface area contributed by atoms with Gasteiger partial charge in [0.25, 0.3) is 0 Å². The number of hydrogen-bond acceptors (Lipinski definition) is 6. The van der Waals surface area contributed by atoms with Gasteiger partial charge in [-0.25, -0.2) is 0 Å². The summed E-state index contributed by atoms with van der Waals surface area (Å²) in [5.74, 6) is 1.01. The molecule has 6 aromatic carbocycles. The van der Waals surface area contributed by atoms with E-state index in [-0.39, 0.29) is 40.7 Å². The monoisotopic (exact) mass is 1700 g/mol. The fraction of sp³-hybridized carbons (Fsp3) is 0.673. The third-order valence-corrected chi connectivity index (χ3v) is 28.8. The van der Waals surface area contributed by atoms with E-state index < -0.39 is 14.0 Å². The summed E-state index contributed by atoms with van der Waals surface area (Å²) in [5.41, 5.74) is 18.6. The SMILES string of the molecule is CC1(C)OB(B2OC(C)(C)C(C)(C)O2)OC1(C)C.CCCCCCCCCCCCc1cc(-c2ccc(-c3ccc(CCCC)cc3)cc2)c(C(C)CCCCCCCCCC)cc1B1OC(C)(C)C(C)(C)O1.CCCCCCCCCCCCc1cc(-c2ccc(-c3ccc(CCCC)cc3)cc2)c(C(C)CCCCCCCCCC)cc1Br.